The Hall–Kier alpha value is -2.91. The van der Waals surface area contributed by atoms with Crippen molar-refractivity contribution in [3.8, 4) is 0 Å². The quantitative estimate of drug-likeness (QED) is 0.677. The van der Waals surface area contributed by atoms with Crippen LogP contribution in [-0.4, -0.2) is 69.9 Å². The van der Waals surface area contributed by atoms with Crippen molar-refractivity contribution in [3.05, 3.63) is 30.0 Å². The number of ether oxygens (including phenoxy) is 3. The third-order valence-corrected chi connectivity index (χ3v) is 5.99. The molecule has 0 spiro atoms. The molecule has 0 aromatic heterocycles. The van der Waals surface area contributed by atoms with Gasteiger partial charge in [0.2, 0.25) is 5.91 Å². The van der Waals surface area contributed by atoms with Crippen LogP contribution in [0, 0.1) is 5.92 Å². The average Bonchev–Trinajstić information content (AvgIpc) is 2.70. The van der Waals surface area contributed by atoms with Crippen LogP contribution in [0.2, 0.25) is 0 Å². The Morgan fingerprint density at radius 2 is 1.97 bits per heavy atom. The smallest absolute Gasteiger partial charge is 0.414 e. The number of carbonyl (C=O) groups excluding carboxylic acids is 2. The minimum absolute atomic E-state index is 0.0781. The Kier molecular flexibility index (Phi) is 6.76. The van der Waals surface area contributed by atoms with Gasteiger partial charge in [-0.25, -0.2) is 4.79 Å². The molecule has 3 aliphatic heterocycles. The summed E-state index contributed by atoms with van der Waals surface area (Å²) in [5.74, 6) is 0.374. The van der Waals surface area contributed by atoms with Crippen LogP contribution < -0.4 is 15.5 Å². The van der Waals surface area contributed by atoms with Gasteiger partial charge < -0.3 is 24.8 Å². The van der Waals surface area contributed by atoms with Crippen LogP contribution in [0.15, 0.2) is 29.4 Å². The number of nitrogens with zero attached hydrogens (tertiary/aromatic N) is 3. The van der Waals surface area contributed by atoms with E-state index < -0.39 is 6.09 Å². The van der Waals surface area contributed by atoms with Crippen LogP contribution >= 0.6 is 0 Å². The first-order chi connectivity index (χ1) is 15.5. The van der Waals surface area contributed by atoms with Gasteiger partial charge in [0.05, 0.1) is 56.5 Å². The van der Waals surface area contributed by atoms with Gasteiger partial charge in [0.15, 0.2) is 0 Å². The first kappa shape index (κ1) is 22.3. The maximum atomic E-state index is 13.0. The number of amides is 2. The van der Waals surface area contributed by atoms with E-state index in [0.29, 0.717) is 43.7 Å². The molecule has 3 aliphatic rings. The molecule has 172 valence electrons. The molecule has 0 aliphatic carbocycles. The normalized spacial score (nSPS) is 21.8. The van der Waals surface area contributed by atoms with Gasteiger partial charge in [-0.2, -0.15) is 0 Å². The van der Waals surface area contributed by atoms with E-state index in [0.717, 1.165) is 30.8 Å². The predicted octanol–water partition coefficient (Wildman–Crippen LogP) is 2.19. The maximum absolute atomic E-state index is 13.0. The van der Waals surface area contributed by atoms with Crippen LogP contribution in [0.4, 0.5) is 16.2 Å². The number of anilines is 2. The molecule has 4 rings (SSSR count). The molecule has 2 N–H and O–H groups in total. The number of carbonyl (C=O) groups is 2. The summed E-state index contributed by atoms with van der Waals surface area (Å²) in [5.41, 5.74) is 8.69. The molecule has 0 saturated carbocycles. The summed E-state index contributed by atoms with van der Waals surface area (Å²) in [6, 6.07) is 5.55. The van der Waals surface area contributed by atoms with E-state index in [1.165, 1.54) is 13.1 Å². The third-order valence-electron chi connectivity index (χ3n) is 5.99. The fraction of sp³-hybridized carbons (Fsp3) is 0.522. The zero-order valence-corrected chi connectivity index (χ0v) is 18.5. The Balaban J connectivity index is 1.59. The summed E-state index contributed by atoms with van der Waals surface area (Å²) >= 11 is 0. The average molecular weight is 443 g/mol. The highest BCUT2D eigenvalue weighted by Gasteiger charge is 2.35. The number of rotatable bonds is 6. The van der Waals surface area contributed by atoms with Gasteiger partial charge in [-0.1, -0.05) is 6.07 Å². The molecule has 32 heavy (non-hydrogen) atoms. The van der Waals surface area contributed by atoms with E-state index in [2.05, 4.69) is 4.99 Å². The number of fused-ring (bicyclic) bond motifs is 1. The van der Waals surface area contributed by atoms with Gasteiger partial charge in [0.1, 0.15) is 0 Å². The highest BCUT2D eigenvalue weighted by atomic mass is 16.6. The molecule has 2 saturated heterocycles. The fourth-order valence-corrected chi connectivity index (χ4v) is 4.01. The highest BCUT2D eigenvalue weighted by Crippen LogP contribution is 2.38. The highest BCUT2D eigenvalue weighted by molar-refractivity contribution is 6.11. The monoisotopic (exact) mass is 442 g/mol. The molecule has 1 aromatic carbocycles. The SMILES string of the molecule is CC(=O)N1c2ccc(C(C=NC3COC3)=CN)cc2N(C(=O)OCCC2COC2)CC1C. The van der Waals surface area contributed by atoms with Gasteiger partial charge in [-0.05, 0) is 31.0 Å². The van der Waals surface area contributed by atoms with E-state index >= 15 is 0 Å². The lowest BCUT2D eigenvalue weighted by Crippen LogP contribution is -2.51. The fourth-order valence-electron chi connectivity index (χ4n) is 4.01. The van der Waals surface area contributed by atoms with Gasteiger partial charge in [-0.15, -0.1) is 0 Å². The van der Waals surface area contributed by atoms with E-state index in [1.54, 1.807) is 16.0 Å². The van der Waals surface area contributed by atoms with E-state index in [4.69, 9.17) is 19.9 Å². The van der Waals surface area contributed by atoms with Gasteiger partial charge in [0.25, 0.3) is 0 Å². The topological polar surface area (TPSA) is 107 Å². The first-order valence-electron chi connectivity index (χ1n) is 11.0. The molecule has 2 fully saturated rings. The second-order valence-electron chi connectivity index (χ2n) is 8.45. The van der Waals surface area contributed by atoms with Crippen molar-refractivity contribution in [2.75, 3.05) is 49.4 Å². The Bertz CT molecular complexity index is 923. The summed E-state index contributed by atoms with van der Waals surface area (Å²) < 4.78 is 15.9. The predicted molar refractivity (Wildman–Crippen MR) is 122 cm³/mol. The molecular weight excluding hydrogens is 412 g/mol. The minimum atomic E-state index is -0.419. The second-order valence-corrected chi connectivity index (χ2v) is 8.45. The van der Waals surface area contributed by atoms with Gasteiger partial charge in [0, 0.05) is 37.4 Å². The van der Waals surface area contributed by atoms with E-state index in [-0.39, 0.29) is 18.0 Å². The molecule has 1 aromatic rings. The molecule has 0 radical (unpaired) electrons. The number of benzene rings is 1. The van der Waals surface area contributed by atoms with Crippen LogP contribution in [0.5, 0.6) is 0 Å². The lowest BCUT2D eigenvalue weighted by molar-refractivity contribution is -0.117. The number of allylic oxidation sites excluding steroid dienone is 1. The molecule has 9 heteroatoms. The van der Waals surface area contributed by atoms with E-state index in [1.807, 2.05) is 25.1 Å². The van der Waals surface area contributed by atoms with Crippen molar-refractivity contribution in [2.45, 2.75) is 32.4 Å². The molecular formula is C23H30N4O5. The van der Waals surface area contributed by atoms with Crippen molar-refractivity contribution in [3.63, 3.8) is 0 Å². The standard InChI is InChI=1S/C23H30N4O5/c1-15-10-26(23(29)32-6-5-17-11-30-12-17)22-7-18(3-4-21(22)27(15)16(2)28)19(8-24)9-25-20-13-31-14-20/h3-4,7-9,15,17,20H,5-6,10-14,24H2,1-2H3. The maximum Gasteiger partial charge on any atom is 0.414 e. The molecule has 1 atom stereocenters. The van der Waals surface area contributed by atoms with Gasteiger partial charge in [-0.3, -0.25) is 14.7 Å². The van der Waals surface area contributed by atoms with Crippen LogP contribution in [0.25, 0.3) is 5.57 Å². The lowest BCUT2D eigenvalue weighted by atomic mass is 10.0. The summed E-state index contributed by atoms with van der Waals surface area (Å²) in [4.78, 5) is 33.1. The number of aliphatic imine (C=N–C) groups is 1. The Morgan fingerprint density at radius 3 is 2.56 bits per heavy atom. The van der Waals surface area contributed by atoms with Crippen molar-refractivity contribution in [1.82, 2.24) is 0 Å². The van der Waals surface area contributed by atoms with Crippen molar-refractivity contribution >= 4 is 35.2 Å². The number of hydrogen-bond acceptors (Lipinski definition) is 7. The van der Waals surface area contributed by atoms with Crippen molar-refractivity contribution < 1.29 is 23.8 Å². The van der Waals surface area contributed by atoms with E-state index in [9.17, 15) is 9.59 Å². The zero-order chi connectivity index (χ0) is 22.7. The summed E-state index contributed by atoms with van der Waals surface area (Å²) in [6.45, 7) is 6.79. The van der Waals surface area contributed by atoms with Gasteiger partial charge >= 0.3 is 6.09 Å². The summed E-state index contributed by atoms with van der Waals surface area (Å²) in [6.07, 6.45) is 3.58. The third kappa shape index (κ3) is 4.63. The number of nitrogens with two attached hydrogens (primary N) is 1. The molecule has 9 nitrogen and oxygen atoms in total. The summed E-state index contributed by atoms with van der Waals surface area (Å²) in [5, 5.41) is 0. The van der Waals surface area contributed by atoms with Crippen molar-refractivity contribution in [2.24, 2.45) is 16.6 Å². The largest absolute Gasteiger partial charge is 0.449 e. The summed E-state index contributed by atoms with van der Waals surface area (Å²) in [7, 11) is 0. The molecule has 3 heterocycles. The first-order valence-corrected chi connectivity index (χ1v) is 11.0. The Morgan fingerprint density at radius 1 is 1.22 bits per heavy atom. The molecule has 1 unspecified atom stereocenters. The molecule has 0 bridgehead atoms. The van der Waals surface area contributed by atoms with Crippen LogP contribution in [-0.2, 0) is 19.0 Å². The number of hydrogen-bond donors (Lipinski definition) is 1. The lowest BCUT2D eigenvalue weighted by Gasteiger charge is -2.40. The minimum Gasteiger partial charge on any atom is -0.449 e. The molecule has 2 amide bonds. The van der Waals surface area contributed by atoms with Crippen molar-refractivity contribution in [1.29, 1.82) is 0 Å². The Labute approximate surface area is 187 Å². The van der Waals surface area contributed by atoms with Crippen LogP contribution in [0.1, 0.15) is 25.8 Å². The second kappa shape index (κ2) is 9.70. The zero-order valence-electron chi connectivity index (χ0n) is 18.5. The van der Waals surface area contributed by atoms with Crippen LogP contribution in [0.3, 0.4) is 0 Å².